The van der Waals surface area contributed by atoms with Gasteiger partial charge in [0, 0.05) is 31.4 Å². The molecule has 1 N–H and O–H groups in total. The maximum absolute atomic E-state index is 13.1. The number of aryl methyl sites for hydroxylation is 1. The van der Waals surface area contributed by atoms with Crippen LogP contribution in [0.15, 0.2) is 40.3 Å². The number of hydrogen-bond acceptors (Lipinski definition) is 6. The molecule has 1 unspecified atom stereocenters. The summed E-state index contributed by atoms with van der Waals surface area (Å²) in [4.78, 5) is 27.4. The number of ketones is 1. The molecular weight excluding hydrogens is 410 g/mol. The Labute approximate surface area is 188 Å². The number of aliphatic hydroxyl groups excluding tert-OH is 1. The average molecular weight is 442 g/mol. The number of Topliss-reactive ketones (excluding diaryl/α,β-unsaturated/α-hetero) is 1. The molecule has 1 atom stereocenters. The van der Waals surface area contributed by atoms with Crippen molar-refractivity contribution in [2.45, 2.75) is 45.6 Å². The van der Waals surface area contributed by atoms with E-state index in [4.69, 9.17) is 13.9 Å². The highest BCUT2D eigenvalue weighted by atomic mass is 16.5. The van der Waals surface area contributed by atoms with Gasteiger partial charge in [-0.2, -0.15) is 0 Å². The van der Waals surface area contributed by atoms with Crippen LogP contribution >= 0.6 is 0 Å². The number of nitrogens with zero attached hydrogens (tertiary/aromatic N) is 1. The summed E-state index contributed by atoms with van der Waals surface area (Å²) in [6.07, 6.45) is 0.552. The average Bonchev–Trinajstić information content (AvgIpc) is 3.28. The fourth-order valence-electron chi connectivity index (χ4n) is 3.98. The molecule has 1 saturated heterocycles. The van der Waals surface area contributed by atoms with Gasteiger partial charge in [-0.15, -0.1) is 0 Å². The summed E-state index contributed by atoms with van der Waals surface area (Å²) < 4.78 is 16.4. The minimum absolute atomic E-state index is 0.0202. The molecule has 172 valence electrons. The third-order valence-corrected chi connectivity index (χ3v) is 5.60. The van der Waals surface area contributed by atoms with E-state index in [-0.39, 0.29) is 16.7 Å². The Balaban J connectivity index is 2.16. The lowest BCUT2D eigenvalue weighted by Crippen LogP contribution is -2.31. The highest BCUT2D eigenvalue weighted by Crippen LogP contribution is 2.41. The Morgan fingerprint density at radius 1 is 1.16 bits per heavy atom. The van der Waals surface area contributed by atoms with Gasteiger partial charge in [0.05, 0.1) is 12.7 Å². The van der Waals surface area contributed by atoms with Crippen molar-refractivity contribution < 1.29 is 28.6 Å². The number of ether oxygens (including phenoxy) is 2. The second-order valence-corrected chi connectivity index (χ2v) is 8.95. The molecule has 0 radical (unpaired) electrons. The Bertz CT molecular complexity index is 1040. The fourth-order valence-corrected chi connectivity index (χ4v) is 3.98. The van der Waals surface area contributed by atoms with Gasteiger partial charge in [0.15, 0.2) is 0 Å². The van der Waals surface area contributed by atoms with E-state index < -0.39 is 17.7 Å². The number of benzene rings is 1. The second-order valence-electron chi connectivity index (χ2n) is 8.95. The summed E-state index contributed by atoms with van der Waals surface area (Å²) in [7, 11) is 3.17. The smallest absolute Gasteiger partial charge is 0.295 e. The third-order valence-electron chi connectivity index (χ3n) is 5.60. The number of amides is 1. The zero-order valence-electron chi connectivity index (χ0n) is 19.5. The van der Waals surface area contributed by atoms with Crippen LogP contribution in [0.4, 0.5) is 0 Å². The van der Waals surface area contributed by atoms with Crippen LogP contribution in [0.2, 0.25) is 0 Å². The van der Waals surface area contributed by atoms with Gasteiger partial charge in [-0.05, 0) is 49.1 Å². The van der Waals surface area contributed by atoms with Crippen LogP contribution in [0.3, 0.4) is 0 Å². The van der Waals surface area contributed by atoms with Crippen molar-refractivity contribution in [3.63, 3.8) is 0 Å². The van der Waals surface area contributed by atoms with E-state index in [0.717, 1.165) is 5.56 Å². The summed E-state index contributed by atoms with van der Waals surface area (Å²) in [5.74, 6) is 0.155. The Kier molecular flexibility index (Phi) is 6.79. The van der Waals surface area contributed by atoms with Crippen molar-refractivity contribution in [1.29, 1.82) is 0 Å². The lowest BCUT2D eigenvalue weighted by molar-refractivity contribution is -0.140. The van der Waals surface area contributed by atoms with Gasteiger partial charge in [-0.3, -0.25) is 9.59 Å². The summed E-state index contributed by atoms with van der Waals surface area (Å²) in [5.41, 5.74) is 1.08. The number of carbonyl (C=O) groups is 2. The van der Waals surface area contributed by atoms with E-state index in [2.05, 4.69) is 0 Å². The van der Waals surface area contributed by atoms with Crippen molar-refractivity contribution >= 4 is 17.4 Å². The maximum atomic E-state index is 13.1. The summed E-state index contributed by atoms with van der Waals surface area (Å²) >= 11 is 0. The quantitative estimate of drug-likeness (QED) is 0.297. The van der Waals surface area contributed by atoms with Crippen LogP contribution in [0.1, 0.15) is 55.9 Å². The lowest BCUT2D eigenvalue weighted by Gasteiger charge is -2.24. The predicted molar refractivity (Wildman–Crippen MR) is 121 cm³/mol. The Morgan fingerprint density at radius 3 is 2.44 bits per heavy atom. The van der Waals surface area contributed by atoms with Gasteiger partial charge in [0.1, 0.15) is 29.1 Å². The molecule has 32 heavy (non-hydrogen) atoms. The molecule has 3 rings (SSSR count). The first-order valence-corrected chi connectivity index (χ1v) is 10.6. The fraction of sp³-hybridized carbons (Fsp3) is 0.440. The van der Waals surface area contributed by atoms with Crippen molar-refractivity contribution in [1.82, 2.24) is 4.90 Å². The van der Waals surface area contributed by atoms with E-state index >= 15 is 0 Å². The minimum Gasteiger partial charge on any atom is -0.507 e. The summed E-state index contributed by atoms with van der Waals surface area (Å²) in [6, 6.07) is 7.95. The molecular formula is C25H31NO6. The van der Waals surface area contributed by atoms with Crippen LogP contribution in [-0.4, -0.2) is 49.1 Å². The monoisotopic (exact) mass is 441 g/mol. The number of carbonyl (C=O) groups excluding carboxylic acids is 2. The van der Waals surface area contributed by atoms with Crippen LogP contribution < -0.4 is 4.74 Å². The Hall–Kier alpha value is -3.06. The number of rotatable bonds is 7. The molecule has 1 aliphatic heterocycles. The molecule has 0 spiro atoms. The van der Waals surface area contributed by atoms with Crippen molar-refractivity contribution in [3.05, 3.63) is 58.6 Å². The normalized spacial score (nSPS) is 18.4. The van der Waals surface area contributed by atoms with Gasteiger partial charge in [-0.25, -0.2) is 0 Å². The van der Waals surface area contributed by atoms with E-state index in [1.54, 1.807) is 51.5 Å². The maximum Gasteiger partial charge on any atom is 0.295 e. The van der Waals surface area contributed by atoms with E-state index in [1.807, 2.05) is 20.8 Å². The largest absolute Gasteiger partial charge is 0.507 e. The highest BCUT2D eigenvalue weighted by Gasteiger charge is 2.47. The molecule has 0 bridgehead atoms. The SMILES string of the molecule is COCCCN1C(=O)C(=O)/C(=C(\O)c2ccc(OC)c(C(C)(C)C)c2)C1c1ccc(C)o1. The molecule has 2 aromatic rings. The zero-order valence-corrected chi connectivity index (χ0v) is 19.5. The first-order valence-electron chi connectivity index (χ1n) is 10.6. The third kappa shape index (κ3) is 4.43. The molecule has 1 amide bonds. The molecule has 1 aromatic heterocycles. The number of furan rings is 1. The van der Waals surface area contributed by atoms with Crippen LogP contribution in [-0.2, 0) is 19.7 Å². The van der Waals surface area contributed by atoms with Crippen molar-refractivity contribution in [2.75, 3.05) is 27.4 Å². The lowest BCUT2D eigenvalue weighted by atomic mass is 9.84. The molecule has 1 fully saturated rings. The van der Waals surface area contributed by atoms with E-state index in [1.165, 1.54) is 4.90 Å². The Morgan fingerprint density at radius 2 is 1.88 bits per heavy atom. The molecule has 7 heteroatoms. The van der Waals surface area contributed by atoms with E-state index in [0.29, 0.717) is 42.4 Å². The number of aliphatic hydroxyl groups is 1. The van der Waals surface area contributed by atoms with E-state index in [9.17, 15) is 14.7 Å². The van der Waals surface area contributed by atoms with Gasteiger partial charge < -0.3 is 23.9 Å². The molecule has 7 nitrogen and oxygen atoms in total. The van der Waals surface area contributed by atoms with Crippen LogP contribution in [0, 0.1) is 6.92 Å². The van der Waals surface area contributed by atoms with Crippen LogP contribution in [0.25, 0.3) is 5.76 Å². The van der Waals surface area contributed by atoms with Gasteiger partial charge in [0.25, 0.3) is 11.7 Å². The standard InChI is InChI=1S/C25H31NO6/c1-15-8-10-19(32-15)21-20(23(28)24(29)26(21)12-7-13-30-5)22(27)16-9-11-18(31-6)17(14-16)25(2,3)4/h8-11,14,21,27H,7,12-13H2,1-6H3/b22-20-. The number of hydrogen-bond donors (Lipinski definition) is 1. The molecule has 1 aliphatic rings. The molecule has 1 aromatic carbocycles. The topological polar surface area (TPSA) is 89.2 Å². The summed E-state index contributed by atoms with van der Waals surface area (Å²) in [5, 5.41) is 11.3. The second kappa shape index (κ2) is 9.20. The molecule has 0 aliphatic carbocycles. The number of likely N-dealkylation sites (tertiary alicyclic amines) is 1. The number of methoxy groups -OCH3 is 2. The van der Waals surface area contributed by atoms with Gasteiger partial charge in [-0.1, -0.05) is 20.8 Å². The highest BCUT2D eigenvalue weighted by molar-refractivity contribution is 6.46. The zero-order chi connectivity index (χ0) is 23.6. The molecule has 2 heterocycles. The van der Waals surface area contributed by atoms with Gasteiger partial charge >= 0.3 is 0 Å². The van der Waals surface area contributed by atoms with Crippen molar-refractivity contribution in [3.8, 4) is 5.75 Å². The van der Waals surface area contributed by atoms with Crippen LogP contribution in [0.5, 0.6) is 5.75 Å². The van der Waals surface area contributed by atoms with Crippen molar-refractivity contribution in [2.24, 2.45) is 0 Å². The predicted octanol–water partition coefficient (Wildman–Crippen LogP) is 4.35. The first kappa shape index (κ1) is 23.6. The van der Waals surface area contributed by atoms with Gasteiger partial charge in [0.2, 0.25) is 0 Å². The first-order chi connectivity index (χ1) is 15.1. The molecule has 0 saturated carbocycles. The minimum atomic E-state index is -0.805. The summed E-state index contributed by atoms with van der Waals surface area (Å²) in [6.45, 7) is 8.65.